The minimum Gasteiger partial charge on any atom is -0.481 e. The molecule has 0 fully saturated rings. The summed E-state index contributed by atoms with van der Waals surface area (Å²) >= 11 is 0.987. The van der Waals surface area contributed by atoms with Crippen LogP contribution in [0, 0.1) is 5.41 Å². The number of hydrogen-bond acceptors (Lipinski definition) is 5. The van der Waals surface area contributed by atoms with Crippen molar-refractivity contribution in [3.05, 3.63) is 35.9 Å². The van der Waals surface area contributed by atoms with Gasteiger partial charge in [0.25, 0.3) is 0 Å². The Labute approximate surface area is 158 Å². The molecule has 0 aliphatic heterocycles. The zero-order valence-corrected chi connectivity index (χ0v) is 16.7. The Bertz CT molecular complexity index is 643. The Hall–Kier alpha value is -2.02. The van der Waals surface area contributed by atoms with E-state index in [1.807, 2.05) is 30.3 Å². The number of benzene rings is 1. The largest absolute Gasteiger partial charge is 0.481 e. The first kappa shape index (κ1) is 22.0. The van der Waals surface area contributed by atoms with Crippen LogP contribution in [0.4, 0.5) is 4.79 Å². The number of nitrogens with one attached hydrogen (secondary N) is 1. The molecule has 1 atom stereocenters. The average Bonchev–Trinajstić information content (AvgIpc) is 2.52. The molecule has 144 valence electrons. The van der Waals surface area contributed by atoms with Crippen LogP contribution < -0.4 is 5.32 Å². The molecule has 1 aromatic carbocycles. The van der Waals surface area contributed by atoms with E-state index in [0.29, 0.717) is 6.42 Å². The van der Waals surface area contributed by atoms with Gasteiger partial charge in [0.1, 0.15) is 6.61 Å². The van der Waals surface area contributed by atoms with Crippen molar-refractivity contribution in [3.8, 4) is 0 Å². The molecule has 0 aliphatic rings. The SMILES string of the molecule is CC(=O)SC(CC(C)(C)NC(=O)OCc1ccccc1)C(C)(C)C(=O)O. The highest BCUT2D eigenvalue weighted by Gasteiger charge is 2.41. The van der Waals surface area contributed by atoms with E-state index in [4.69, 9.17) is 4.74 Å². The van der Waals surface area contributed by atoms with Crippen LogP contribution in [0.15, 0.2) is 30.3 Å². The molecule has 0 bridgehead atoms. The van der Waals surface area contributed by atoms with E-state index in [0.717, 1.165) is 17.3 Å². The molecular weight excluding hydrogens is 354 g/mol. The van der Waals surface area contributed by atoms with Gasteiger partial charge in [-0.25, -0.2) is 4.79 Å². The molecule has 1 unspecified atom stereocenters. The first-order valence-electron chi connectivity index (χ1n) is 8.33. The van der Waals surface area contributed by atoms with Crippen molar-refractivity contribution in [2.45, 2.75) is 58.4 Å². The van der Waals surface area contributed by atoms with Crippen LogP contribution in [0.1, 0.15) is 46.6 Å². The molecule has 7 heteroatoms. The lowest BCUT2D eigenvalue weighted by Crippen LogP contribution is -2.49. The van der Waals surface area contributed by atoms with Crippen LogP contribution in [-0.2, 0) is 20.9 Å². The highest BCUT2D eigenvalue weighted by Crippen LogP contribution is 2.37. The fourth-order valence-electron chi connectivity index (χ4n) is 2.33. The van der Waals surface area contributed by atoms with Gasteiger partial charge in [-0.2, -0.15) is 0 Å². The number of carbonyl (C=O) groups excluding carboxylic acids is 2. The highest BCUT2D eigenvalue weighted by atomic mass is 32.2. The number of aliphatic carboxylic acids is 1. The molecule has 1 aromatic rings. The van der Waals surface area contributed by atoms with E-state index in [1.54, 1.807) is 27.7 Å². The zero-order chi connectivity index (χ0) is 20.0. The summed E-state index contributed by atoms with van der Waals surface area (Å²) in [5.74, 6) is -0.987. The van der Waals surface area contributed by atoms with Gasteiger partial charge < -0.3 is 15.2 Å². The molecule has 0 heterocycles. The third kappa shape index (κ3) is 7.07. The average molecular weight is 381 g/mol. The van der Waals surface area contributed by atoms with Crippen LogP contribution in [0.2, 0.25) is 0 Å². The minimum absolute atomic E-state index is 0.148. The van der Waals surface area contributed by atoms with Crippen molar-refractivity contribution in [2.24, 2.45) is 5.41 Å². The summed E-state index contributed by atoms with van der Waals surface area (Å²) < 4.78 is 5.22. The van der Waals surface area contributed by atoms with Crippen molar-refractivity contribution in [3.63, 3.8) is 0 Å². The van der Waals surface area contributed by atoms with Crippen LogP contribution >= 0.6 is 11.8 Å². The lowest BCUT2D eigenvalue weighted by atomic mass is 9.82. The van der Waals surface area contributed by atoms with Gasteiger partial charge in [0.15, 0.2) is 5.12 Å². The first-order chi connectivity index (χ1) is 11.9. The van der Waals surface area contributed by atoms with Gasteiger partial charge in [0.2, 0.25) is 0 Å². The maximum Gasteiger partial charge on any atom is 0.407 e. The van der Waals surface area contributed by atoms with E-state index in [-0.39, 0.29) is 11.7 Å². The molecule has 0 spiro atoms. The topological polar surface area (TPSA) is 92.7 Å². The van der Waals surface area contributed by atoms with Crippen molar-refractivity contribution >= 4 is 28.9 Å². The number of alkyl carbamates (subject to hydrolysis) is 1. The Kier molecular flexibility index (Phi) is 7.68. The number of amides is 1. The monoisotopic (exact) mass is 381 g/mol. The second-order valence-electron chi connectivity index (χ2n) is 7.40. The molecule has 6 nitrogen and oxygen atoms in total. The van der Waals surface area contributed by atoms with E-state index in [9.17, 15) is 19.5 Å². The fraction of sp³-hybridized carbons (Fsp3) is 0.526. The smallest absolute Gasteiger partial charge is 0.407 e. The van der Waals surface area contributed by atoms with Gasteiger partial charge in [-0.05, 0) is 39.7 Å². The molecule has 1 rings (SSSR count). The molecular formula is C19H27NO5S. The third-order valence-corrected chi connectivity index (χ3v) is 5.39. The summed E-state index contributed by atoms with van der Waals surface area (Å²) in [5, 5.41) is 11.6. The van der Waals surface area contributed by atoms with Crippen LogP contribution in [-0.4, -0.2) is 33.1 Å². The maximum absolute atomic E-state index is 12.1. The number of ether oxygens (including phenoxy) is 1. The van der Waals surface area contributed by atoms with Gasteiger partial charge in [-0.15, -0.1) is 0 Å². The van der Waals surface area contributed by atoms with Crippen LogP contribution in [0.25, 0.3) is 0 Å². The van der Waals surface area contributed by atoms with Crippen molar-refractivity contribution in [2.75, 3.05) is 0 Å². The summed E-state index contributed by atoms with van der Waals surface area (Å²) in [6.07, 6.45) is -0.282. The molecule has 0 saturated heterocycles. The standard InChI is InChI=1S/C19H27NO5S/c1-13(21)26-15(19(4,5)16(22)23)11-18(2,3)20-17(24)25-12-14-9-7-6-8-10-14/h6-10,15H,11-12H2,1-5H3,(H,20,24)(H,22,23). The molecule has 2 N–H and O–H groups in total. The third-order valence-electron chi connectivity index (χ3n) is 4.01. The van der Waals surface area contributed by atoms with E-state index in [1.165, 1.54) is 6.92 Å². The number of rotatable bonds is 8. The second kappa shape index (κ2) is 9.07. The Morgan fingerprint density at radius 1 is 1.15 bits per heavy atom. The molecule has 26 heavy (non-hydrogen) atoms. The normalized spacial score (nSPS) is 13.0. The maximum atomic E-state index is 12.1. The second-order valence-corrected chi connectivity index (χ2v) is 8.78. The van der Waals surface area contributed by atoms with Crippen molar-refractivity contribution in [1.29, 1.82) is 0 Å². The number of carboxylic acid groups (broad SMARTS) is 1. The predicted octanol–water partition coefficient (Wildman–Crippen LogP) is 3.84. The number of hydrogen-bond donors (Lipinski definition) is 2. The van der Waals surface area contributed by atoms with Gasteiger partial charge in [0.05, 0.1) is 5.41 Å². The fourth-order valence-corrected chi connectivity index (χ4v) is 3.63. The van der Waals surface area contributed by atoms with Gasteiger partial charge in [-0.3, -0.25) is 9.59 Å². The molecule has 0 radical (unpaired) electrons. The lowest BCUT2D eigenvalue weighted by molar-refractivity contribution is -0.147. The Balaban J connectivity index is 2.72. The lowest BCUT2D eigenvalue weighted by Gasteiger charge is -2.36. The van der Waals surface area contributed by atoms with Crippen LogP contribution in [0.5, 0.6) is 0 Å². The molecule has 0 saturated carbocycles. The van der Waals surface area contributed by atoms with Gasteiger partial charge >= 0.3 is 12.1 Å². The van der Waals surface area contributed by atoms with Crippen molar-refractivity contribution in [1.82, 2.24) is 5.32 Å². The molecule has 1 amide bonds. The number of thioether (sulfide) groups is 1. The molecule has 0 aliphatic carbocycles. The molecule has 0 aromatic heterocycles. The highest BCUT2D eigenvalue weighted by molar-refractivity contribution is 8.14. The Morgan fingerprint density at radius 3 is 2.23 bits per heavy atom. The number of carbonyl (C=O) groups is 3. The summed E-state index contributed by atoms with van der Waals surface area (Å²) in [5.41, 5.74) is -0.992. The van der Waals surface area contributed by atoms with Crippen LogP contribution in [0.3, 0.4) is 0 Å². The quantitative estimate of drug-likeness (QED) is 0.711. The van der Waals surface area contributed by atoms with E-state index < -0.39 is 28.3 Å². The summed E-state index contributed by atoms with van der Waals surface area (Å²) in [4.78, 5) is 35.2. The van der Waals surface area contributed by atoms with E-state index >= 15 is 0 Å². The number of carboxylic acids is 1. The van der Waals surface area contributed by atoms with E-state index in [2.05, 4.69) is 5.32 Å². The summed E-state index contributed by atoms with van der Waals surface area (Å²) in [6.45, 7) is 8.28. The summed E-state index contributed by atoms with van der Waals surface area (Å²) in [7, 11) is 0. The Morgan fingerprint density at radius 2 is 1.73 bits per heavy atom. The van der Waals surface area contributed by atoms with Gasteiger partial charge in [-0.1, -0.05) is 42.1 Å². The predicted molar refractivity (Wildman–Crippen MR) is 102 cm³/mol. The van der Waals surface area contributed by atoms with Crippen molar-refractivity contribution < 1.29 is 24.2 Å². The first-order valence-corrected chi connectivity index (χ1v) is 9.21. The van der Waals surface area contributed by atoms with Gasteiger partial charge in [0, 0.05) is 17.7 Å². The minimum atomic E-state index is -1.12. The zero-order valence-electron chi connectivity index (χ0n) is 15.9. The summed E-state index contributed by atoms with van der Waals surface area (Å²) in [6, 6.07) is 9.31.